The van der Waals surface area contributed by atoms with E-state index in [0.717, 1.165) is 29.7 Å². The Morgan fingerprint density at radius 2 is 1.61 bits per heavy atom. The molecule has 1 amide bonds. The minimum absolute atomic E-state index is 0.0433. The molecule has 4 rings (SSSR count). The van der Waals surface area contributed by atoms with Gasteiger partial charge in [0, 0.05) is 38.8 Å². The van der Waals surface area contributed by atoms with E-state index in [1.807, 2.05) is 11.8 Å². The van der Waals surface area contributed by atoms with Gasteiger partial charge in [0.2, 0.25) is 15.9 Å². The first-order valence-corrected chi connectivity index (χ1v) is 11.8. The summed E-state index contributed by atoms with van der Waals surface area (Å²) in [7, 11) is -3.72. The maximum absolute atomic E-state index is 13.7. The molecule has 1 saturated heterocycles. The first-order valence-electron chi connectivity index (χ1n) is 10.3. The summed E-state index contributed by atoms with van der Waals surface area (Å²) in [5.41, 5.74) is 2.02. The van der Waals surface area contributed by atoms with Crippen LogP contribution in [0.2, 0.25) is 0 Å². The van der Waals surface area contributed by atoms with Gasteiger partial charge >= 0.3 is 0 Å². The van der Waals surface area contributed by atoms with Crippen LogP contribution in [0.3, 0.4) is 0 Å². The van der Waals surface area contributed by atoms with Crippen molar-refractivity contribution in [3.8, 4) is 0 Å². The lowest BCUT2D eigenvalue weighted by Gasteiger charge is -2.38. The van der Waals surface area contributed by atoms with Gasteiger partial charge in [0.15, 0.2) is 0 Å². The van der Waals surface area contributed by atoms with Crippen LogP contribution in [0.25, 0.3) is 0 Å². The zero-order chi connectivity index (χ0) is 22.2. The van der Waals surface area contributed by atoms with E-state index in [1.54, 1.807) is 11.0 Å². The summed E-state index contributed by atoms with van der Waals surface area (Å²) in [5.74, 6) is -0.838. The molecule has 2 aromatic rings. The predicted octanol–water partition coefficient (Wildman–Crippen LogP) is 2.42. The number of amides is 1. The number of benzene rings is 2. The average molecular weight is 450 g/mol. The first kappa shape index (κ1) is 21.9. The van der Waals surface area contributed by atoms with Crippen LogP contribution in [0.4, 0.5) is 8.78 Å². The second-order valence-electron chi connectivity index (χ2n) is 7.98. The molecule has 0 aromatic heterocycles. The van der Waals surface area contributed by atoms with Gasteiger partial charge in [-0.25, -0.2) is 17.2 Å². The Labute approximate surface area is 181 Å². The van der Waals surface area contributed by atoms with Crippen molar-refractivity contribution < 1.29 is 22.0 Å². The quantitative estimate of drug-likeness (QED) is 0.719. The van der Waals surface area contributed by atoms with Crippen LogP contribution in [-0.4, -0.2) is 67.7 Å². The summed E-state index contributed by atoms with van der Waals surface area (Å²) in [5, 5.41) is 0. The summed E-state index contributed by atoms with van der Waals surface area (Å²) >= 11 is 0. The zero-order valence-electron chi connectivity index (χ0n) is 17.3. The Balaban J connectivity index is 1.36. The lowest BCUT2D eigenvalue weighted by molar-refractivity contribution is -0.134. The molecular formula is C22H25F2N3O3S. The molecule has 31 heavy (non-hydrogen) atoms. The third-order valence-electron chi connectivity index (χ3n) is 6.16. The normalized spacial score (nSPS) is 20.5. The smallest absolute Gasteiger partial charge is 0.243 e. The van der Waals surface area contributed by atoms with Crippen molar-refractivity contribution in [3.63, 3.8) is 0 Å². The molecule has 1 unspecified atom stereocenters. The average Bonchev–Trinajstić information content (AvgIpc) is 2.76. The fraction of sp³-hybridized carbons (Fsp3) is 0.409. The zero-order valence-corrected chi connectivity index (χ0v) is 18.1. The van der Waals surface area contributed by atoms with E-state index in [-0.39, 0.29) is 42.3 Å². The second kappa shape index (κ2) is 8.64. The number of halogens is 2. The Morgan fingerprint density at radius 3 is 2.29 bits per heavy atom. The highest BCUT2D eigenvalue weighted by Gasteiger charge is 2.32. The molecule has 0 N–H and O–H groups in total. The van der Waals surface area contributed by atoms with E-state index in [9.17, 15) is 22.0 Å². The number of nitrogens with zero attached hydrogens (tertiary/aromatic N) is 3. The number of piperazine rings is 1. The molecule has 1 fully saturated rings. The van der Waals surface area contributed by atoms with E-state index in [1.165, 1.54) is 28.6 Å². The number of carbonyl (C=O) groups is 1. The molecule has 9 heteroatoms. The highest BCUT2D eigenvalue weighted by atomic mass is 32.2. The molecule has 0 radical (unpaired) electrons. The van der Waals surface area contributed by atoms with Gasteiger partial charge in [-0.15, -0.1) is 0 Å². The summed E-state index contributed by atoms with van der Waals surface area (Å²) in [6.45, 7) is 3.87. The van der Waals surface area contributed by atoms with Gasteiger partial charge < -0.3 is 4.90 Å². The summed E-state index contributed by atoms with van der Waals surface area (Å²) in [4.78, 5) is 16.6. The Morgan fingerprint density at radius 1 is 0.968 bits per heavy atom. The maximum Gasteiger partial charge on any atom is 0.243 e. The monoisotopic (exact) mass is 449 g/mol. The van der Waals surface area contributed by atoms with Crippen molar-refractivity contribution >= 4 is 15.9 Å². The molecule has 6 nitrogen and oxygen atoms in total. The highest BCUT2D eigenvalue weighted by Crippen LogP contribution is 2.30. The van der Waals surface area contributed by atoms with Gasteiger partial charge in [-0.1, -0.05) is 6.07 Å². The molecule has 166 valence electrons. The standard InChI is InChI=1S/C22H25F2N3O3S/c1-16-21-14-19(24)3-2-17(21)8-9-26(16)15-22(28)25-10-12-27(13-11-25)31(29,30)20-6-4-18(23)5-7-20/h2-7,14,16H,8-13,15H2,1H3. The van der Waals surface area contributed by atoms with Crippen molar-refractivity contribution in [1.82, 2.24) is 14.1 Å². The van der Waals surface area contributed by atoms with Crippen LogP contribution in [0.15, 0.2) is 47.4 Å². The van der Waals surface area contributed by atoms with Crippen LogP contribution in [0, 0.1) is 11.6 Å². The molecule has 0 aliphatic carbocycles. The highest BCUT2D eigenvalue weighted by molar-refractivity contribution is 7.89. The molecule has 0 saturated carbocycles. The van der Waals surface area contributed by atoms with Gasteiger partial charge in [-0.2, -0.15) is 4.31 Å². The Hall–Kier alpha value is -2.36. The summed E-state index contributed by atoms with van der Waals surface area (Å²) in [6, 6.07) is 9.49. The number of carbonyl (C=O) groups excluding carboxylic acids is 1. The van der Waals surface area contributed by atoms with E-state index in [0.29, 0.717) is 19.6 Å². The van der Waals surface area contributed by atoms with Crippen molar-refractivity contribution in [2.24, 2.45) is 0 Å². The summed E-state index contributed by atoms with van der Waals surface area (Å²) < 4.78 is 53.6. The molecule has 1 atom stereocenters. The lowest BCUT2D eigenvalue weighted by Crippen LogP contribution is -2.53. The molecule has 2 aliphatic heterocycles. The van der Waals surface area contributed by atoms with Crippen LogP contribution >= 0.6 is 0 Å². The summed E-state index contributed by atoms with van der Waals surface area (Å²) in [6.07, 6.45) is 0.761. The molecule has 2 aliphatic rings. The molecule has 0 bridgehead atoms. The van der Waals surface area contributed by atoms with Crippen molar-refractivity contribution in [3.05, 3.63) is 65.2 Å². The number of rotatable bonds is 4. The van der Waals surface area contributed by atoms with E-state index in [4.69, 9.17) is 0 Å². The van der Waals surface area contributed by atoms with Crippen LogP contribution in [-0.2, 0) is 21.2 Å². The lowest BCUT2D eigenvalue weighted by atomic mass is 9.93. The number of hydrogen-bond donors (Lipinski definition) is 0. The first-order chi connectivity index (χ1) is 14.8. The van der Waals surface area contributed by atoms with Gasteiger partial charge in [0.25, 0.3) is 0 Å². The minimum Gasteiger partial charge on any atom is -0.339 e. The molecule has 2 aromatic carbocycles. The van der Waals surface area contributed by atoms with E-state index in [2.05, 4.69) is 0 Å². The van der Waals surface area contributed by atoms with Crippen molar-refractivity contribution in [1.29, 1.82) is 0 Å². The third-order valence-corrected chi connectivity index (χ3v) is 8.07. The van der Waals surface area contributed by atoms with Crippen LogP contribution in [0.1, 0.15) is 24.1 Å². The largest absolute Gasteiger partial charge is 0.339 e. The number of sulfonamides is 1. The topological polar surface area (TPSA) is 60.9 Å². The maximum atomic E-state index is 13.7. The second-order valence-corrected chi connectivity index (χ2v) is 9.92. The van der Waals surface area contributed by atoms with Crippen LogP contribution in [0.5, 0.6) is 0 Å². The predicted molar refractivity (Wildman–Crippen MR) is 112 cm³/mol. The number of hydrogen-bond acceptors (Lipinski definition) is 4. The molecule has 0 spiro atoms. The van der Waals surface area contributed by atoms with Crippen molar-refractivity contribution in [2.45, 2.75) is 24.3 Å². The molecule has 2 heterocycles. The van der Waals surface area contributed by atoms with E-state index >= 15 is 0 Å². The molecular weight excluding hydrogens is 424 g/mol. The Kier molecular flexibility index (Phi) is 6.09. The van der Waals surface area contributed by atoms with Gasteiger partial charge in [-0.3, -0.25) is 9.69 Å². The third kappa shape index (κ3) is 4.49. The van der Waals surface area contributed by atoms with E-state index < -0.39 is 15.8 Å². The van der Waals surface area contributed by atoms with Crippen LogP contribution < -0.4 is 0 Å². The Bertz CT molecular complexity index is 1070. The fourth-order valence-corrected chi connectivity index (χ4v) is 5.68. The number of fused-ring (bicyclic) bond motifs is 1. The SMILES string of the molecule is CC1c2cc(F)ccc2CCN1CC(=O)N1CCN(S(=O)(=O)c2ccc(F)cc2)CC1. The van der Waals surface area contributed by atoms with Gasteiger partial charge in [0.05, 0.1) is 11.4 Å². The van der Waals surface area contributed by atoms with Gasteiger partial charge in [-0.05, 0) is 60.9 Å². The van der Waals surface area contributed by atoms with Gasteiger partial charge in [0.1, 0.15) is 11.6 Å². The van der Waals surface area contributed by atoms with Crippen molar-refractivity contribution in [2.75, 3.05) is 39.3 Å². The minimum atomic E-state index is -3.72. The fourth-order valence-electron chi connectivity index (χ4n) is 4.26.